The second kappa shape index (κ2) is 18.0. The van der Waals surface area contributed by atoms with E-state index in [4.69, 9.17) is 31.3 Å². The molecule has 0 radical (unpaired) electrons. The normalized spacial score (nSPS) is 10.6. The van der Waals surface area contributed by atoms with Crippen LogP contribution in [0.1, 0.15) is 45.6 Å². The molecule has 3 aromatic carbocycles. The van der Waals surface area contributed by atoms with Gasteiger partial charge >= 0.3 is 11.9 Å². The van der Waals surface area contributed by atoms with E-state index in [1.807, 2.05) is 85.8 Å². The van der Waals surface area contributed by atoms with E-state index in [-0.39, 0.29) is 12.0 Å². The van der Waals surface area contributed by atoms with Crippen LogP contribution in [0.5, 0.6) is 10.8 Å². The van der Waals surface area contributed by atoms with Gasteiger partial charge in [0, 0.05) is 29.4 Å². The van der Waals surface area contributed by atoms with Gasteiger partial charge in [0.25, 0.3) is 0 Å². The molecule has 0 aliphatic heterocycles. The minimum atomic E-state index is -0.948. The molecule has 222 valence electrons. The second-order valence-electron chi connectivity index (χ2n) is 9.61. The number of hydrogen-bond acceptors (Lipinski definition) is 6. The number of ether oxygens (including phenoxy) is 2. The van der Waals surface area contributed by atoms with Crippen molar-refractivity contribution in [3.05, 3.63) is 118 Å². The molecule has 0 aliphatic carbocycles. The molecule has 4 aromatic rings. The van der Waals surface area contributed by atoms with E-state index in [2.05, 4.69) is 4.90 Å². The zero-order valence-electron chi connectivity index (χ0n) is 23.6. The molecule has 42 heavy (non-hydrogen) atoms. The van der Waals surface area contributed by atoms with Crippen LogP contribution < -0.4 is 4.74 Å². The summed E-state index contributed by atoms with van der Waals surface area (Å²) in [7, 11) is 0. The van der Waals surface area contributed by atoms with Gasteiger partial charge in [-0.15, -0.1) is 11.3 Å². The molecule has 1 aromatic heterocycles. The van der Waals surface area contributed by atoms with Gasteiger partial charge in [-0.3, -0.25) is 9.69 Å². The molecule has 0 bridgehead atoms. The van der Waals surface area contributed by atoms with Crippen molar-refractivity contribution in [3.63, 3.8) is 0 Å². The summed E-state index contributed by atoms with van der Waals surface area (Å²) in [6, 6.07) is 28.2. The minimum Gasteiger partial charge on any atom is -0.481 e. The SMILES string of the molecule is Cc1ccc(Oc2ccc(COCCN(CCCCC(=O)O)Cc3ccc(C(=O)O)cc3)s2)cc1.Clc1ccccc1. The first kappa shape index (κ1) is 32.8. The van der Waals surface area contributed by atoms with E-state index in [1.165, 1.54) is 5.56 Å². The third-order valence-corrected chi connectivity index (χ3v) is 7.32. The first-order valence-corrected chi connectivity index (χ1v) is 14.9. The molecule has 0 unspecified atom stereocenters. The summed E-state index contributed by atoms with van der Waals surface area (Å²) >= 11 is 7.09. The summed E-state index contributed by atoms with van der Waals surface area (Å²) in [4.78, 5) is 25.2. The smallest absolute Gasteiger partial charge is 0.335 e. The van der Waals surface area contributed by atoms with Gasteiger partial charge in [-0.2, -0.15) is 0 Å². The lowest BCUT2D eigenvalue weighted by Crippen LogP contribution is -2.28. The van der Waals surface area contributed by atoms with Crippen molar-refractivity contribution in [1.82, 2.24) is 4.90 Å². The first-order valence-electron chi connectivity index (χ1n) is 13.7. The fourth-order valence-corrected chi connectivity index (χ4v) is 4.84. The average Bonchev–Trinajstić information content (AvgIpc) is 3.42. The van der Waals surface area contributed by atoms with Crippen molar-refractivity contribution in [3.8, 4) is 10.8 Å². The zero-order valence-corrected chi connectivity index (χ0v) is 25.2. The van der Waals surface area contributed by atoms with Gasteiger partial charge < -0.3 is 19.7 Å². The van der Waals surface area contributed by atoms with E-state index in [9.17, 15) is 9.59 Å². The number of carboxylic acid groups (broad SMARTS) is 2. The summed E-state index contributed by atoms with van der Waals surface area (Å²) in [5.74, 6) is -0.929. The van der Waals surface area contributed by atoms with E-state index >= 15 is 0 Å². The van der Waals surface area contributed by atoms with E-state index < -0.39 is 11.9 Å². The highest BCUT2D eigenvalue weighted by Gasteiger charge is 2.10. The molecule has 0 saturated heterocycles. The third kappa shape index (κ3) is 12.9. The number of aliphatic carboxylic acids is 1. The monoisotopic (exact) mass is 609 g/mol. The number of rotatable bonds is 15. The Kier molecular flexibility index (Phi) is 14.0. The van der Waals surface area contributed by atoms with E-state index in [1.54, 1.807) is 23.5 Å². The Labute approximate surface area is 255 Å². The lowest BCUT2D eigenvalue weighted by Gasteiger charge is -2.22. The van der Waals surface area contributed by atoms with Gasteiger partial charge in [0.15, 0.2) is 5.06 Å². The molecule has 0 saturated carbocycles. The third-order valence-electron chi connectivity index (χ3n) is 6.13. The van der Waals surface area contributed by atoms with Crippen LogP contribution in [0.15, 0.2) is 91.0 Å². The number of thiophene rings is 1. The Morgan fingerprint density at radius 1 is 0.857 bits per heavy atom. The second-order valence-corrected chi connectivity index (χ2v) is 11.2. The Morgan fingerprint density at radius 2 is 1.57 bits per heavy atom. The van der Waals surface area contributed by atoms with Crippen LogP contribution in [0.3, 0.4) is 0 Å². The maximum atomic E-state index is 11.1. The summed E-state index contributed by atoms with van der Waals surface area (Å²) in [6.45, 7) is 5.12. The number of benzene rings is 3. The van der Waals surface area contributed by atoms with Crippen molar-refractivity contribution in [2.45, 2.75) is 39.3 Å². The van der Waals surface area contributed by atoms with E-state index in [0.717, 1.165) is 39.2 Å². The number of carbonyl (C=O) groups is 2. The van der Waals surface area contributed by atoms with Crippen molar-refractivity contribution in [2.75, 3.05) is 19.7 Å². The summed E-state index contributed by atoms with van der Waals surface area (Å²) in [5, 5.41) is 19.6. The maximum absolute atomic E-state index is 11.1. The molecular weight excluding hydrogens is 574 g/mol. The maximum Gasteiger partial charge on any atom is 0.335 e. The van der Waals surface area contributed by atoms with Gasteiger partial charge in [0.2, 0.25) is 0 Å². The highest BCUT2D eigenvalue weighted by molar-refractivity contribution is 7.13. The number of hydrogen-bond donors (Lipinski definition) is 2. The minimum absolute atomic E-state index is 0.156. The van der Waals surface area contributed by atoms with Gasteiger partial charge in [0.05, 0.1) is 18.8 Å². The van der Waals surface area contributed by atoms with Crippen LogP contribution in [0.4, 0.5) is 0 Å². The van der Waals surface area contributed by atoms with Gasteiger partial charge in [0.1, 0.15) is 5.75 Å². The van der Waals surface area contributed by atoms with Crippen LogP contribution in [0.2, 0.25) is 5.02 Å². The van der Waals surface area contributed by atoms with Crippen LogP contribution >= 0.6 is 22.9 Å². The van der Waals surface area contributed by atoms with Crippen LogP contribution in [0, 0.1) is 6.92 Å². The Morgan fingerprint density at radius 3 is 2.19 bits per heavy atom. The highest BCUT2D eigenvalue weighted by Crippen LogP contribution is 2.30. The molecule has 0 spiro atoms. The number of aryl methyl sites for hydroxylation is 1. The summed E-state index contributed by atoms with van der Waals surface area (Å²) in [5.41, 5.74) is 2.45. The molecular formula is C33H36ClNO6S. The topological polar surface area (TPSA) is 96.3 Å². The van der Waals surface area contributed by atoms with E-state index in [0.29, 0.717) is 32.7 Å². The Hall–Kier alpha value is -3.69. The largest absolute Gasteiger partial charge is 0.481 e. The van der Waals surface area contributed by atoms with Crippen molar-refractivity contribution >= 4 is 34.9 Å². The number of nitrogens with zero attached hydrogens (tertiary/aromatic N) is 1. The summed E-state index contributed by atoms with van der Waals surface area (Å²) < 4.78 is 11.8. The van der Waals surface area contributed by atoms with Crippen LogP contribution in [0.25, 0.3) is 0 Å². The van der Waals surface area contributed by atoms with Crippen molar-refractivity contribution in [1.29, 1.82) is 0 Å². The molecule has 1 heterocycles. The zero-order chi connectivity index (χ0) is 30.2. The van der Waals surface area contributed by atoms with Crippen molar-refractivity contribution in [2.24, 2.45) is 0 Å². The molecule has 4 rings (SSSR count). The average molecular weight is 610 g/mol. The molecule has 0 aliphatic rings. The Bertz CT molecular complexity index is 1360. The standard InChI is InChI=1S/C27H31NO6S.C6H5Cl/c1-20-5-11-23(12-6-20)34-26-14-13-24(35-26)19-33-17-16-28(15-3-2-4-25(29)30)18-21-7-9-22(10-8-21)27(31)32;7-6-4-2-1-3-5-6/h5-14H,2-4,15-19H2,1H3,(H,29,30)(H,31,32);1-5H. The lowest BCUT2D eigenvalue weighted by molar-refractivity contribution is -0.137. The molecule has 0 atom stereocenters. The predicted molar refractivity (Wildman–Crippen MR) is 167 cm³/mol. The highest BCUT2D eigenvalue weighted by atomic mass is 35.5. The van der Waals surface area contributed by atoms with Crippen LogP contribution in [-0.2, 0) is 22.7 Å². The molecule has 2 N–H and O–H groups in total. The fourth-order valence-electron chi connectivity index (χ4n) is 3.89. The predicted octanol–water partition coefficient (Wildman–Crippen LogP) is 8.16. The number of aromatic carboxylic acids is 1. The number of halogens is 1. The molecule has 9 heteroatoms. The molecule has 0 fully saturated rings. The van der Waals surface area contributed by atoms with Gasteiger partial charge in [-0.1, -0.05) is 59.6 Å². The van der Waals surface area contributed by atoms with Crippen LogP contribution in [-0.4, -0.2) is 46.7 Å². The van der Waals surface area contributed by atoms with Gasteiger partial charge in [-0.05, 0) is 80.4 Å². The molecule has 0 amide bonds. The Balaban J connectivity index is 0.000000603. The number of unbranched alkanes of at least 4 members (excludes halogenated alkanes) is 1. The summed E-state index contributed by atoms with van der Waals surface area (Å²) in [6.07, 6.45) is 1.54. The number of carboxylic acids is 2. The quantitative estimate of drug-likeness (QED) is 0.131. The first-order chi connectivity index (χ1) is 20.3. The van der Waals surface area contributed by atoms with Crippen molar-refractivity contribution < 1.29 is 29.3 Å². The van der Waals surface area contributed by atoms with Gasteiger partial charge in [-0.25, -0.2) is 4.79 Å². The molecule has 7 nitrogen and oxygen atoms in total. The fraction of sp³-hybridized carbons (Fsp3) is 0.273. The lowest BCUT2D eigenvalue weighted by atomic mass is 10.1.